The third-order valence-corrected chi connectivity index (χ3v) is 5.40. The van der Waals surface area contributed by atoms with Crippen LogP contribution in [-0.2, 0) is 6.61 Å². The van der Waals surface area contributed by atoms with Crippen molar-refractivity contribution in [1.82, 2.24) is 9.80 Å². The monoisotopic (exact) mass is 386 g/mol. The van der Waals surface area contributed by atoms with Crippen molar-refractivity contribution in [2.75, 3.05) is 20.7 Å². The van der Waals surface area contributed by atoms with Gasteiger partial charge in [0.2, 0.25) is 0 Å². The maximum atomic E-state index is 13.7. The van der Waals surface area contributed by atoms with E-state index in [0.29, 0.717) is 11.3 Å². The highest BCUT2D eigenvalue weighted by Gasteiger charge is 2.46. The molecule has 2 aromatic rings. The second-order valence-corrected chi connectivity index (χ2v) is 7.71. The van der Waals surface area contributed by atoms with Gasteiger partial charge in [0, 0.05) is 19.7 Å². The van der Waals surface area contributed by atoms with Gasteiger partial charge in [0.05, 0.1) is 18.2 Å². The quantitative estimate of drug-likeness (QED) is 0.846. The molecule has 1 unspecified atom stereocenters. The summed E-state index contributed by atoms with van der Waals surface area (Å²) in [5.41, 5.74) is 0.918. The molecule has 0 bridgehead atoms. The summed E-state index contributed by atoms with van der Waals surface area (Å²) in [7, 11) is 3.43. The molecule has 2 atom stereocenters. The molecule has 2 aromatic carbocycles. The van der Waals surface area contributed by atoms with Crippen LogP contribution in [0.1, 0.15) is 36.9 Å². The smallest absolute Gasteiger partial charge is 0.320 e. The zero-order valence-corrected chi connectivity index (χ0v) is 16.6. The first-order chi connectivity index (χ1) is 13.4. The van der Waals surface area contributed by atoms with Crippen molar-refractivity contribution in [3.05, 3.63) is 65.5 Å². The molecule has 0 radical (unpaired) electrons. The lowest BCUT2D eigenvalue weighted by molar-refractivity contribution is 0.0665. The molecule has 0 aromatic heterocycles. The van der Waals surface area contributed by atoms with Crippen molar-refractivity contribution >= 4 is 6.03 Å². The summed E-state index contributed by atoms with van der Waals surface area (Å²) in [5.74, 6) is 0.353. The third-order valence-electron chi connectivity index (χ3n) is 5.40. The Balaban J connectivity index is 1.75. The Labute approximate surface area is 165 Å². The zero-order chi connectivity index (χ0) is 20.3. The van der Waals surface area contributed by atoms with Gasteiger partial charge in [-0.3, -0.25) is 0 Å². The highest BCUT2D eigenvalue weighted by Crippen LogP contribution is 2.43. The van der Waals surface area contributed by atoms with Gasteiger partial charge in [-0.05, 0) is 43.5 Å². The van der Waals surface area contributed by atoms with Gasteiger partial charge in [0.25, 0.3) is 0 Å². The van der Waals surface area contributed by atoms with Crippen LogP contribution in [0.25, 0.3) is 0 Å². The van der Waals surface area contributed by atoms with Crippen LogP contribution in [0.3, 0.4) is 0 Å². The molecule has 6 heteroatoms. The SMILES string of the molecule is CN(C)C(=O)N1[C@@H](c2ccc(OCc3ccccc3F)cc2)CCC1(C)CO. The summed E-state index contributed by atoms with van der Waals surface area (Å²) in [6.07, 6.45) is 1.52. The van der Waals surface area contributed by atoms with E-state index in [1.54, 1.807) is 37.2 Å². The maximum Gasteiger partial charge on any atom is 0.320 e. The van der Waals surface area contributed by atoms with Crippen LogP contribution in [0.4, 0.5) is 9.18 Å². The lowest BCUT2D eigenvalue weighted by Gasteiger charge is -2.39. The summed E-state index contributed by atoms with van der Waals surface area (Å²) < 4.78 is 19.4. The summed E-state index contributed by atoms with van der Waals surface area (Å²) >= 11 is 0. The Kier molecular flexibility index (Phi) is 5.89. The van der Waals surface area contributed by atoms with Crippen molar-refractivity contribution in [3.63, 3.8) is 0 Å². The van der Waals surface area contributed by atoms with Crippen LogP contribution in [0.2, 0.25) is 0 Å². The molecule has 1 saturated heterocycles. The molecule has 5 nitrogen and oxygen atoms in total. The van der Waals surface area contributed by atoms with Crippen LogP contribution in [0, 0.1) is 5.82 Å². The lowest BCUT2D eigenvalue weighted by atomic mass is 10.0. The van der Waals surface area contributed by atoms with E-state index in [-0.39, 0.29) is 31.1 Å². The number of carbonyl (C=O) groups excluding carboxylic acids is 1. The van der Waals surface area contributed by atoms with E-state index >= 15 is 0 Å². The molecule has 1 aliphatic rings. The predicted molar refractivity (Wildman–Crippen MR) is 106 cm³/mol. The number of likely N-dealkylation sites (tertiary alicyclic amines) is 1. The summed E-state index contributed by atoms with van der Waals surface area (Å²) in [4.78, 5) is 16.1. The number of rotatable bonds is 5. The van der Waals surface area contributed by atoms with Crippen molar-refractivity contribution in [2.24, 2.45) is 0 Å². The van der Waals surface area contributed by atoms with E-state index in [0.717, 1.165) is 18.4 Å². The van der Waals surface area contributed by atoms with Crippen LogP contribution < -0.4 is 4.74 Å². The van der Waals surface area contributed by atoms with Crippen LogP contribution >= 0.6 is 0 Å². The Morgan fingerprint density at radius 1 is 1.25 bits per heavy atom. The number of hydrogen-bond acceptors (Lipinski definition) is 3. The minimum Gasteiger partial charge on any atom is -0.489 e. The zero-order valence-electron chi connectivity index (χ0n) is 16.6. The van der Waals surface area contributed by atoms with Crippen molar-refractivity contribution in [2.45, 2.75) is 38.0 Å². The molecule has 28 heavy (non-hydrogen) atoms. The number of hydrogen-bond donors (Lipinski definition) is 1. The second kappa shape index (κ2) is 8.19. The fourth-order valence-corrected chi connectivity index (χ4v) is 3.69. The van der Waals surface area contributed by atoms with Crippen molar-refractivity contribution in [1.29, 1.82) is 0 Å². The van der Waals surface area contributed by atoms with Crippen LogP contribution in [0.5, 0.6) is 5.75 Å². The van der Waals surface area contributed by atoms with Gasteiger partial charge >= 0.3 is 6.03 Å². The normalized spacial score (nSPS) is 21.6. The molecule has 2 amide bonds. The molecule has 0 aliphatic carbocycles. The Hall–Kier alpha value is -2.60. The number of amides is 2. The number of carbonyl (C=O) groups is 1. The van der Waals surface area contributed by atoms with Gasteiger partial charge in [-0.2, -0.15) is 0 Å². The summed E-state index contributed by atoms with van der Waals surface area (Å²) in [6.45, 7) is 2.00. The molecule has 1 heterocycles. The first-order valence-electron chi connectivity index (χ1n) is 9.43. The largest absolute Gasteiger partial charge is 0.489 e. The number of halogens is 1. The third kappa shape index (κ3) is 3.97. The molecule has 1 aliphatic heterocycles. The van der Waals surface area contributed by atoms with E-state index in [1.165, 1.54) is 11.0 Å². The first kappa shape index (κ1) is 20.1. The highest BCUT2D eigenvalue weighted by atomic mass is 19.1. The van der Waals surface area contributed by atoms with Crippen molar-refractivity contribution < 1.29 is 19.0 Å². The van der Waals surface area contributed by atoms with E-state index in [4.69, 9.17) is 4.74 Å². The average Bonchev–Trinajstić information content (AvgIpc) is 3.05. The van der Waals surface area contributed by atoms with Gasteiger partial charge in [-0.15, -0.1) is 0 Å². The van der Waals surface area contributed by atoms with Crippen LogP contribution in [0.15, 0.2) is 48.5 Å². The molecule has 150 valence electrons. The molecule has 3 rings (SSSR count). The highest BCUT2D eigenvalue weighted by molar-refractivity contribution is 5.76. The molecule has 1 fully saturated rings. The Morgan fingerprint density at radius 2 is 1.93 bits per heavy atom. The standard InChI is InChI=1S/C22H27FN2O3/c1-22(15-26)13-12-20(25(22)21(27)24(2)3)16-8-10-18(11-9-16)28-14-17-6-4-5-7-19(17)23/h4-11,20,26H,12-15H2,1-3H3/t20-,22?/m1/s1. The minimum atomic E-state index is -0.577. The topological polar surface area (TPSA) is 53.0 Å². The predicted octanol–water partition coefficient (Wildman–Crippen LogP) is 3.97. The molecular formula is C22H27FN2O3. The average molecular weight is 386 g/mol. The van der Waals surface area contributed by atoms with Crippen LogP contribution in [-0.4, -0.2) is 47.2 Å². The van der Waals surface area contributed by atoms with Crippen molar-refractivity contribution in [3.8, 4) is 5.75 Å². The molecular weight excluding hydrogens is 359 g/mol. The van der Waals surface area contributed by atoms with E-state index in [9.17, 15) is 14.3 Å². The number of aliphatic hydroxyl groups is 1. The fourth-order valence-electron chi connectivity index (χ4n) is 3.69. The van der Waals surface area contributed by atoms with Gasteiger partial charge in [0.1, 0.15) is 18.2 Å². The maximum absolute atomic E-state index is 13.7. The van der Waals surface area contributed by atoms with Gasteiger partial charge in [-0.1, -0.05) is 30.3 Å². The summed E-state index contributed by atoms with van der Waals surface area (Å²) in [6, 6.07) is 13.9. The number of ether oxygens (including phenoxy) is 1. The number of benzene rings is 2. The molecule has 0 spiro atoms. The van der Waals surface area contributed by atoms with Gasteiger partial charge < -0.3 is 19.6 Å². The summed E-state index contributed by atoms with van der Waals surface area (Å²) in [5, 5.41) is 9.87. The molecule has 1 N–H and O–H groups in total. The second-order valence-electron chi connectivity index (χ2n) is 7.71. The van der Waals surface area contributed by atoms with E-state index < -0.39 is 5.54 Å². The number of nitrogens with zero attached hydrogens (tertiary/aromatic N) is 2. The van der Waals surface area contributed by atoms with E-state index in [1.807, 2.05) is 31.2 Å². The molecule has 0 saturated carbocycles. The Morgan fingerprint density at radius 3 is 2.54 bits per heavy atom. The number of aliphatic hydroxyl groups excluding tert-OH is 1. The Bertz CT molecular complexity index is 825. The number of urea groups is 1. The fraction of sp³-hybridized carbons (Fsp3) is 0.409. The van der Waals surface area contributed by atoms with Gasteiger partial charge in [-0.25, -0.2) is 9.18 Å². The van der Waals surface area contributed by atoms with E-state index in [2.05, 4.69) is 0 Å². The first-order valence-corrected chi connectivity index (χ1v) is 9.43. The minimum absolute atomic E-state index is 0.0765. The lowest BCUT2D eigenvalue weighted by Crippen LogP contribution is -2.52. The van der Waals surface area contributed by atoms with Gasteiger partial charge in [0.15, 0.2) is 0 Å².